The van der Waals surface area contributed by atoms with Crippen LogP contribution >= 0.6 is 11.3 Å². The molecule has 0 amide bonds. The van der Waals surface area contributed by atoms with Crippen LogP contribution in [0.25, 0.3) is 0 Å². The zero-order valence-electron chi connectivity index (χ0n) is 10.1. The number of aryl methyl sites for hydroxylation is 2. The highest BCUT2D eigenvalue weighted by atomic mass is 32.1. The maximum absolute atomic E-state index is 11.7. The largest absolute Gasteiger partial charge is 0.456 e. The van der Waals surface area contributed by atoms with Crippen LogP contribution in [0.15, 0.2) is 0 Å². The third-order valence-corrected chi connectivity index (χ3v) is 3.01. The molecule has 1 rings (SSSR count). The topological polar surface area (TPSA) is 48.4 Å². The fourth-order valence-corrected chi connectivity index (χ4v) is 2.08. The minimum atomic E-state index is -0.310. The molecule has 0 radical (unpaired) electrons. The molecule has 0 aliphatic carbocycles. The molecule has 1 heterocycles. The van der Waals surface area contributed by atoms with Gasteiger partial charge in [0.25, 0.3) is 0 Å². The third kappa shape index (κ3) is 3.57. The van der Waals surface area contributed by atoms with Gasteiger partial charge in [-0.1, -0.05) is 0 Å². The van der Waals surface area contributed by atoms with Crippen molar-refractivity contribution in [1.82, 2.24) is 4.98 Å². The average molecular weight is 243 g/mol. The summed E-state index contributed by atoms with van der Waals surface area (Å²) in [5, 5.41) is 0.877. The zero-order chi connectivity index (χ0) is 12.1. The van der Waals surface area contributed by atoms with Crippen LogP contribution in [-0.4, -0.2) is 30.3 Å². The number of carbonyl (C=O) groups is 1. The number of hydrogen-bond acceptors (Lipinski definition) is 5. The Morgan fingerprint density at radius 3 is 2.69 bits per heavy atom. The maximum atomic E-state index is 11.7. The van der Waals surface area contributed by atoms with Crippen LogP contribution in [0.1, 0.15) is 34.2 Å². The summed E-state index contributed by atoms with van der Waals surface area (Å²) in [5.41, 5.74) is 0.733. The Morgan fingerprint density at radius 2 is 2.19 bits per heavy atom. The van der Waals surface area contributed by atoms with Crippen molar-refractivity contribution in [3.05, 3.63) is 15.6 Å². The first kappa shape index (κ1) is 13.1. The van der Waals surface area contributed by atoms with Gasteiger partial charge in [0.15, 0.2) is 0 Å². The number of carbonyl (C=O) groups excluding carboxylic acids is 1. The lowest BCUT2D eigenvalue weighted by atomic mass is 10.4. The zero-order valence-corrected chi connectivity index (χ0v) is 10.9. The van der Waals surface area contributed by atoms with Crippen LogP contribution in [0.4, 0.5) is 0 Å². The van der Waals surface area contributed by atoms with Crippen LogP contribution < -0.4 is 0 Å². The van der Waals surface area contributed by atoms with E-state index in [1.165, 1.54) is 11.3 Å². The standard InChI is InChI=1S/C11H17NO3S/c1-5-14-6-7(2)15-11(13)10-8(3)12-9(4)16-10/h7H,5-6H2,1-4H3/t7-/m1/s1. The number of aromatic nitrogens is 1. The van der Waals surface area contributed by atoms with Crippen molar-refractivity contribution in [2.45, 2.75) is 33.8 Å². The van der Waals surface area contributed by atoms with Crippen molar-refractivity contribution < 1.29 is 14.3 Å². The Morgan fingerprint density at radius 1 is 1.50 bits per heavy atom. The summed E-state index contributed by atoms with van der Waals surface area (Å²) in [4.78, 5) is 16.5. The van der Waals surface area contributed by atoms with E-state index in [0.717, 1.165) is 10.7 Å². The van der Waals surface area contributed by atoms with E-state index in [1.54, 1.807) is 0 Å². The van der Waals surface area contributed by atoms with Gasteiger partial charge >= 0.3 is 5.97 Å². The quantitative estimate of drug-likeness (QED) is 0.745. The Hall–Kier alpha value is -0.940. The molecule has 0 spiro atoms. The van der Waals surface area contributed by atoms with Crippen LogP contribution in [0.3, 0.4) is 0 Å². The lowest BCUT2D eigenvalue weighted by molar-refractivity contribution is 0.00476. The molecule has 0 fully saturated rings. The first-order valence-electron chi connectivity index (χ1n) is 5.27. The van der Waals surface area contributed by atoms with Gasteiger partial charge in [-0.2, -0.15) is 0 Å². The van der Waals surface area contributed by atoms with Crippen molar-refractivity contribution in [3.8, 4) is 0 Å². The van der Waals surface area contributed by atoms with Crippen LogP contribution in [-0.2, 0) is 9.47 Å². The smallest absolute Gasteiger partial charge is 0.350 e. The summed E-state index contributed by atoms with van der Waals surface area (Å²) in [6.07, 6.45) is -0.228. The van der Waals surface area contributed by atoms with Gasteiger partial charge in [-0.25, -0.2) is 9.78 Å². The SMILES string of the molecule is CCOC[C@@H](C)OC(=O)c1sc(C)nc1C. The van der Waals surface area contributed by atoms with E-state index < -0.39 is 0 Å². The first-order valence-corrected chi connectivity index (χ1v) is 6.09. The highest BCUT2D eigenvalue weighted by Crippen LogP contribution is 2.18. The van der Waals surface area contributed by atoms with Gasteiger partial charge in [0.05, 0.1) is 17.3 Å². The lowest BCUT2D eigenvalue weighted by Gasteiger charge is -2.12. The molecule has 1 atom stereocenters. The predicted octanol–water partition coefficient (Wildman–Crippen LogP) is 2.34. The molecule has 1 aromatic heterocycles. The van der Waals surface area contributed by atoms with E-state index in [1.807, 2.05) is 27.7 Å². The molecule has 0 aromatic carbocycles. The highest BCUT2D eigenvalue weighted by molar-refractivity contribution is 7.13. The second-order valence-electron chi connectivity index (χ2n) is 3.52. The molecule has 4 nitrogen and oxygen atoms in total. The minimum absolute atomic E-state index is 0.228. The summed E-state index contributed by atoms with van der Waals surface area (Å²) in [6, 6.07) is 0. The number of ether oxygens (including phenoxy) is 2. The van der Waals surface area contributed by atoms with Gasteiger partial charge in [-0.15, -0.1) is 11.3 Å². The molecular weight excluding hydrogens is 226 g/mol. The van der Waals surface area contributed by atoms with Crippen molar-refractivity contribution in [1.29, 1.82) is 0 Å². The number of thiazole rings is 1. The van der Waals surface area contributed by atoms with Gasteiger partial charge in [0.2, 0.25) is 0 Å². The second kappa shape index (κ2) is 5.96. The van der Waals surface area contributed by atoms with E-state index in [4.69, 9.17) is 9.47 Å². The van der Waals surface area contributed by atoms with Crippen molar-refractivity contribution in [2.24, 2.45) is 0 Å². The molecule has 5 heteroatoms. The molecule has 16 heavy (non-hydrogen) atoms. The fourth-order valence-electron chi connectivity index (χ4n) is 1.27. The van der Waals surface area contributed by atoms with Crippen LogP contribution in [0, 0.1) is 13.8 Å². The molecule has 0 N–H and O–H groups in total. The number of nitrogens with zero attached hydrogens (tertiary/aromatic N) is 1. The Kier molecular flexibility index (Phi) is 4.89. The average Bonchev–Trinajstić information content (AvgIpc) is 2.54. The lowest BCUT2D eigenvalue weighted by Crippen LogP contribution is -2.20. The summed E-state index contributed by atoms with van der Waals surface area (Å²) >= 11 is 1.36. The summed E-state index contributed by atoms with van der Waals surface area (Å²) in [6.45, 7) is 8.47. The number of esters is 1. The molecule has 0 saturated carbocycles. The predicted molar refractivity (Wildman–Crippen MR) is 63.0 cm³/mol. The molecule has 0 bridgehead atoms. The van der Waals surface area contributed by atoms with Crippen molar-refractivity contribution in [2.75, 3.05) is 13.2 Å². The number of rotatable bonds is 5. The molecule has 90 valence electrons. The summed E-state index contributed by atoms with van der Waals surface area (Å²) in [5.74, 6) is -0.310. The van der Waals surface area contributed by atoms with Gasteiger partial charge in [0, 0.05) is 6.61 Å². The Balaban J connectivity index is 2.55. The second-order valence-corrected chi connectivity index (χ2v) is 4.73. The Bertz CT molecular complexity index is 362. The van der Waals surface area contributed by atoms with E-state index >= 15 is 0 Å². The summed E-state index contributed by atoms with van der Waals surface area (Å²) in [7, 11) is 0. The molecule has 0 saturated heterocycles. The van der Waals surface area contributed by atoms with Gasteiger partial charge < -0.3 is 9.47 Å². The van der Waals surface area contributed by atoms with Crippen LogP contribution in [0.2, 0.25) is 0 Å². The van der Waals surface area contributed by atoms with Gasteiger partial charge in [-0.3, -0.25) is 0 Å². The molecule has 0 aliphatic heterocycles. The van der Waals surface area contributed by atoms with Crippen molar-refractivity contribution >= 4 is 17.3 Å². The molecular formula is C11H17NO3S. The van der Waals surface area contributed by atoms with Gasteiger partial charge in [0.1, 0.15) is 11.0 Å². The maximum Gasteiger partial charge on any atom is 0.350 e. The molecule has 0 aliphatic rings. The van der Waals surface area contributed by atoms with E-state index in [0.29, 0.717) is 18.1 Å². The summed E-state index contributed by atoms with van der Waals surface area (Å²) < 4.78 is 10.4. The van der Waals surface area contributed by atoms with E-state index in [9.17, 15) is 4.79 Å². The van der Waals surface area contributed by atoms with Gasteiger partial charge in [-0.05, 0) is 27.7 Å². The van der Waals surface area contributed by atoms with E-state index in [2.05, 4.69) is 4.98 Å². The normalized spacial score (nSPS) is 12.5. The van der Waals surface area contributed by atoms with Crippen LogP contribution in [0.5, 0.6) is 0 Å². The highest BCUT2D eigenvalue weighted by Gasteiger charge is 2.17. The first-order chi connectivity index (χ1) is 7.54. The Labute approximate surface area is 99.6 Å². The number of hydrogen-bond donors (Lipinski definition) is 0. The third-order valence-electron chi connectivity index (χ3n) is 1.95. The minimum Gasteiger partial charge on any atom is -0.456 e. The molecule has 1 aromatic rings. The fraction of sp³-hybridized carbons (Fsp3) is 0.636. The molecule has 0 unspecified atom stereocenters. The van der Waals surface area contributed by atoms with Crippen molar-refractivity contribution in [3.63, 3.8) is 0 Å². The monoisotopic (exact) mass is 243 g/mol. The van der Waals surface area contributed by atoms with E-state index in [-0.39, 0.29) is 12.1 Å².